The molecule has 1 unspecified atom stereocenters. The lowest BCUT2D eigenvalue weighted by molar-refractivity contribution is -0.145. The molecule has 0 bridgehead atoms. The molecule has 1 aromatic rings. The second-order valence-electron chi connectivity index (χ2n) is 5.97. The monoisotopic (exact) mass is 264 g/mol. The molecule has 0 saturated carbocycles. The Morgan fingerprint density at radius 2 is 1.95 bits per heavy atom. The largest absolute Gasteiger partial charge is 0.492 e. The van der Waals surface area contributed by atoms with Crippen LogP contribution in [0.15, 0.2) is 18.2 Å². The van der Waals surface area contributed by atoms with Crippen molar-refractivity contribution in [1.29, 1.82) is 0 Å². The quantitative estimate of drug-likeness (QED) is 0.781. The van der Waals surface area contributed by atoms with Crippen LogP contribution in [0.5, 0.6) is 5.75 Å². The van der Waals surface area contributed by atoms with Gasteiger partial charge in [0.1, 0.15) is 12.4 Å². The second kappa shape index (κ2) is 6.09. The first-order valence-electron chi connectivity index (χ1n) is 6.57. The minimum atomic E-state index is -0.258. The first-order chi connectivity index (χ1) is 8.75. The van der Waals surface area contributed by atoms with Crippen LogP contribution >= 0.6 is 0 Å². The lowest BCUT2D eigenvalue weighted by Crippen LogP contribution is -2.20. The van der Waals surface area contributed by atoms with Gasteiger partial charge in [0, 0.05) is 0 Å². The molecule has 1 atom stereocenters. The van der Waals surface area contributed by atoms with Crippen molar-refractivity contribution in [3.8, 4) is 5.75 Å². The average Bonchev–Trinajstić information content (AvgIpc) is 2.34. The molecule has 0 aromatic heterocycles. The third-order valence-electron chi connectivity index (χ3n) is 3.13. The van der Waals surface area contributed by atoms with Crippen molar-refractivity contribution < 1.29 is 14.3 Å². The molecular weight excluding hydrogens is 240 g/mol. The number of hydrogen-bond donors (Lipinski definition) is 0. The van der Waals surface area contributed by atoms with E-state index < -0.39 is 0 Å². The second-order valence-corrected chi connectivity index (χ2v) is 5.97. The lowest BCUT2D eigenvalue weighted by Gasteiger charge is -2.21. The van der Waals surface area contributed by atoms with E-state index in [1.807, 2.05) is 13.0 Å². The Labute approximate surface area is 115 Å². The number of methoxy groups -OCH3 is 1. The number of aryl methyl sites for hydroxylation is 1. The summed E-state index contributed by atoms with van der Waals surface area (Å²) in [5, 5.41) is 0. The van der Waals surface area contributed by atoms with E-state index in [0.717, 1.165) is 11.3 Å². The Morgan fingerprint density at radius 1 is 1.32 bits per heavy atom. The van der Waals surface area contributed by atoms with Gasteiger partial charge in [0.15, 0.2) is 0 Å². The van der Waals surface area contributed by atoms with Gasteiger partial charge in [0.2, 0.25) is 0 Å². The van der Waals surface area contributed by atoms with E-state index in [-0.39, 0.29) is 17.3 Å². The van der Waals surface area contributed by atoms with Crippen molar-refractivity contribution in [1.82, 2.24) is 0 Å². The van der Waals surface area contributed by atoms with E-state index in [9.17, 15) is 4.79 Å². The fourth-order valence-corrected chi connectivity index (χ4v) is 1.76. The van der Waals surface area contributed by atoms with E-state index in [1.54, 1.807) is 6.92 Å². The number of carbonyl (C=O) groups is 1. The van der Waals surface area contributed by atoms with E-state index in [1.165, 1.54) is 12.7 Å². The van der Waals surface area contributed by atoms with Crippen LogP contribution < -0.4 is 4.74 Å². The summed E-state index contributed by atoms with van der Waals surface area (Å²) in [5.41, 5.74) is 2.49. The summed E-state index contributed by atoms with van der Waals surface area (Å²) in [4.78, 5) is 11.3. The highest BCUT2D eigenvalue weighted by Gasteiger charge is 2.17. The Morgan fingerprint density at radius 3 is 2.42 bits per heavy atom. The highest BCUT2D eigenvalue weighted by Crippen LogP contribution is 2.27. The zero-order valence-corrected chi connectivity index (χ0v) is 12.7. The van der Waals surface area contributed by atoms with Crippen LogP contribution in [0, 0.1) is 12.8 Å². The number of rotatable bonds is 4. The molecule has 0 fully saturated rings. The van der Waals surface area contributed by atoms with E-state index in [4.69, 9.17) is 4.74 Å². The highest BCUT2D eigenvalue weighted by atomic mass is 16.5. The van der Waals surface area contributed by atoms with Crippen molar-refractivity contribution >= 4 is 5.97 Å². The Kier molecular flexibility index (Phi) is 4.98. The van der Waals surface area contributed by atoms with Gasteiger partial charge in [-0.05, 0) is 36.5 Å². The molecule has 19 heavy (non-hydrogen) atoms. The summed E-state index contributed by atoms with van der Waals surface area (Å²) in [6, 6.07) is 6.18. The number of esters is 1. The van der Waals surface area contributed by atoms with Crippen LogP contribution in [-0.4, -0.2) is 19.7 Å². The topological polar surface area (TPSA) is 35.5 Å². The van der Waals surface area contributed by atoms with Gasteiger partial charge in [-0.1, -0.05) is 32.9 Å². The molecule has 0 N–H and O–H groups in total. The van der Waals surface area contributed by atoms with Gasteiger partial charge in [-0.25, -0.2) is 0 Å². The molecular formula is C16H24O3. The van der Waals surface area contributed by atoms with Gasteiger partial charge in [0.05, 0.1) is 13.0 Å². The Balaban J connectivity index is 2.73. The summed E-state index contributed by atoms with van der Waals surface area (Å²) in [6.45, 7) is 10.7. The van der Waals surface area contributed by atoms with Gasteiger partial charge < -0.3 is 9.47 Å². The molecule has 0 aliphatic rings. The molecule has 0 radical (unpaired) electrons. The minimum Gasteiger partial charge on any atom is -0.492 e. The maximum Gasteiger partial charge on any atom is 0.311 e. The third-order valence-corrected chi connectivity index (χ3v) is 3.13. The van der Waals surface area contributed by atoms with Crippen LogP contribution in [0.2, 0.25) is 0 Å². The summed E-state index contributed by atoms with van der Waals surface area (Å²) in [6.07, 6.45) is 0. The lowest BCUT2D eigenvalue weighted by atomic mass is 9.86. The van der Waals surface area contributed by atoms with E-state index in [2.05, 4.69) is 37.6 Å². The van der Waals surface area contributed by atoms with Gasteiger partial charge in [-0.3, -0.25) is 4.79 Å². The zero-order valence-electron chi connectivity index (χ0n) is 12.7. The SMILES string of the molecule is COC(=O)C(C)COc1ccc(C(C)(C)C)cc1C. The van der Waals surface area contributed by atoms with Crippen LogP contribution in [0.25, 0.3) is 0 Å². The van der Waals surface area contributed by atoms with Gasteiger partial charge >= 0.3 is 5.97 Å². The van der Waals surface area contributed by atoms with Crippen molar-refractivity contribution in [3.63, 3.8) is 0 Å². The fraction of sp³-hybridized carbons (Fsp3) is 0.562. The van der Waals surface area contributed by atoms with Gasteiger partial charge in [-0.2, -0.15) is 0 Å². The van der Waals surface area contributed by atoms with Crippen LogP contribution in [-0.2, 0) is 14.9 Å². The molecule has 0 aliphatic heterocycles. The summed E-state index contributed by atoms with van der Waals surface area (Å²) in [7, 11) is 1.39. The van der Waals surface area contributed by atoms with Crippen LogP contribution in [0.4, 0.5) is 0 Å². The van der Waals surface area contributed by atoms with Crippen molar-refractivity contribution in [2.45, 2.75) is 40.0 Å². The maximum atomic E-state index is 11.3. The molecule has 106 valence electrons. The smallest absolute Gasteiger partial charge is 0.311 e. The molecule has 3 heteroatoms. The summed E-state index contributed by atoms with van der Waals surface area (Å²) >= 11 is 0. The molecule has 0 saturated heterocycles. The highest BCUT2D eigenvalue weighted by molar-refractivity contribution is 5.71. The first-order valence-corrected chi connectivity index (χ1v) is 6.57. The van der Waals surface area contributed by atoms with Crippen LogP contribution in [0.1, 0.15) is 38.8 Å². The normalized spacial score (nSPS) is 12.9. The standard InChI is InChI=1S/C16H24O3/c1-11-9-13(16(3,4)5)7-8-14(11)19-10-12(2)15(17)18-6/h7-9,12H,10H2,1-6H3. The van der Waals surface area contributed by atoms with E-state index >= 15 is 0 Å². The molecule has 3 nitrogen and oxygen atoms in total. The predicted octanol–water partition coefficient (Wildman–Crippen LogP) is 3.48. The fourth-order valence-electron chi connectivity index (χ4n) is 1.76. The molecule has 0 heterocycles. The first kappa shape index (κ1) is 15.5. The third kappa shape index (κ3) is 4.27. The van der Waals surface area contributed by atoms with Crippen molar-refractivity contribution in [2.75, 3.05) is 13.7 Å². The van der Waals surface area contributed by atoms with E-state index in [0.29, 0.717) is 6.61 Å². The van der Waals surface area contributed by atoms with Crippen molar-refractivity contribution in [2.24, 2.45) is 5.92 Å². The molecule has 0 amide bonds. The zero-order chi connectivity index (χ0) is 14.6. The summed E-state index contributed by atoms with van der Waals surface area (Å²) < 4.78 is 10.4. The number of benzene rings is 1. The average molecular weight is 264 g/mol. The maximum absolute atomic E-state index is 11.3. The van der Waals surface area contributed by atoms with Gasteiger partial charge in [0.25, 0.3) is 0 Å². The molecule has 0 spiro atoms. The Hall–Kier alpha value is -1.51. The minimum absolute atomic E-state index is 0.128. The van der Waals surface area contributed by atoms with Crippen LogP contribution in [0.3, 0.4) is 0 Å². The number of hydrogen-bond acceptors (Lipinski definition) is 3. The predicted molar refractivity (Wildman–Crippen MR) is 76.6 cm³/mol. The van der Waals surface area contributed by atoms with Crippen molar-refractivity contribution in [3.05, 3.63) is 29.3 Å². The molecule has 0 aliphatic carbocycles. The molecule has 1 rings (SSSR count). The van der Waals surface area contributed by atoms with Gasteiger partial charge in [-0.15, -0.1) is 0 Å². The number of ether oxygens (including phenoxy) is 2. The number of carbonyl (C=O) groups excluding carboxylic acids is 1. The summed E-state index contributed by atoms with van der Waals surface area (Å²) in [5.74, 6) is 0.319. The Bertz CT molecular complexity index is 444. The molecule has 1 aromatic carbocycles.